The van der Waals surface area contributed by atoms with Crippen LogP contribution in [-0.2, 0) is 4.74 Å². The van der Waals surface area contributed by atoms with Gasteiger partial charge in [0.05, 0.1) is 4.92 Å². The second-order valence-electron chi connectivity index (χ2n) is 4.92. The van der Waals surface area contributed by atoms with Crippen molar-refractivity contribution in [2.24, 2.45) is 0 Å². The van der Waals surface area contributed by atoms with Crippen LogP contribution in [0.2, 0.25) is 0 Å². The number of nitrogens with zero attached hydrogens (tertiary/aromatic N) is 1. The zero-order chi connectivity index (χ0) is 15.2. The van der Waals surface area contributed by atoms with E-state index in [9.17, 15) is 14.9 Å². The highest BCUT2D eigenvalue weighted by atomic mass is 16.7. The van der Waals surface area contributed by atoms with Crippen LogP contribution in [0.4, 0.5) is 10.5 Å². The van der Waals surface area contributed by atoms with Gasteiger partial charge in [0.15, 0.2) is 0 Å². The number of nitro groups is 1. The second kappa shape index (κ2) is 6.70. The molecule has 6 heteroatoms. The zero-order valence-corrected chi connectivity index (χ0v) is 11.4. The molecule has 0 aromatic heterocycles. The minimum atomic E-state index is -1.29. The highest BCUT2D eigenvalue weighted by molar-refractivity contribution is 5.57. The molecule has 0 aliphatic heterocycles. The van der Waals surface area contributed by atoms with Crippen molar-refractivity contribution < 1.29 is 19.6 Å². The molecule has 0 unspecified atom stereocenters. The fraction of sp³-hybridized carbons (Fsp3) is 0.357. The summed E-state index contributed by atoms with van der Waals surface area (Å²) in [6.07, 6.45) is 3.46. The summed E-state index contributed by atoms with van der Waals surface area (Å²) in [4.78, 5) is 20.6. The molecule has 108 valence electrons. The van der Waals surface area contributed by atoms with Crippen LogP contribution in [0, 0.1) is 10.1 Å². The van der Waals surface area contributed by atoms with Gasteiger partial charge in [-0.1, -0.05) is 24.3 Å². The van der Waals surface area contributed by atoms with Crippen LogP contribution < -0.4 is 0 Å². The molecule has 0 bridgehead atoms. The van der Waals surface area contributed by atoms with Crippen molar-refractivity contribution in [3.63, 3.8) is 0 Å². The fourth-order valence-electron chi connectivity index (χ4n) is 1.68. The lowest BCUT2D eigenvalue weighted by atomic mass is 10.0. The Kier molecular flexibility index (Phi) is 5.25. The first-order chi connectivity index (χ1) is 9.30. The summed E-state index contributed by atoms with van der Waals surface area (Å²) in [5.41, 5.74) is 0.0247. The molecule has 0 aliphatic rings. The van der Waals surface area contributed by atoms with Crippen LogP contribution in [0.5, 0.6) is 0 Å². The molecule has 0 radical (unpaired) electrons. The monoisotopic (exact) mass is 279 g/mol. The van der Waals surface area contributed by atoms with E-state index in [0.29, 0.717) is 12.8 Å². The Morgan fingerprint density at radius 1 is 1.50 bits per heavy atom. The van der Waals surface area contributed by atoms with E-state index in [1.807, 2.05) is 6.08 Å². The first-order valence-corrected chi connectivity index (χ1v) is 6.13. The minimum absolute atomic E-state index is 0.0432. The number of allylic oxidation sites excluding steroid dienone is 1. The van der Waals surface area contributed by atoms with Crippen molar-refractivity contribution in [2.45, 2.75) is 32.3 Å². The quantitative estimate of drug-likeness (QED) is 0.485. The van der Waals surface area contributed by atoms with Crippen LogP contribution in [-0.4, -0.2) is 21.8 Å². The van der Waals surface area contributed by atoms with Gasteiger partial charge in [-0.15, -0.1) is 0 Å². The van der Waals surface area contributed by atoms with Gasteiger partial charge in [0.2, 0.25) is 0 Å². The van der Waals surface area contributed by atoms with E-state index in [1.54, 1.807) is 32.1 Å². The third-order valence-electron chi connectivity index (χ3n) is 2.67. The Morgan fingerprint density at radius 2 is 2.20 bits per heavy atom. The summed E-state index contributed by atoms with van der Waals surface area (Å²) in [6, 6.07) is 6.30. The van der Waals surface area contributed by atoms with Gasteiger partial charge < -0.3 is 9.84 Å². The van der Waals surface area contributed by atoms with Crippen molar-refractivity contribution in [1.82, 2.24) is 0 Å². The number of carboxylic acid groups (broad SMARTS) is 1. The SMILES string of the molecule is CC(C)(CC/C=C/c1cccc([N+](=O)[O-])c1)OC(=O)O. The molecule has 0 amide bonds. The van der Waals surface area contributed by atoms with Gasteiger partial charge in [-0.3, -0.25) is 10.1 Å². The topological polar surface area (TPSA) is 89.7 Å². The number of benzene rings is 1. The van der Waals surface area contributed by atoms with Crippen LogP contribution in [0.3, 0.4) is 0 Å². The maximum absolute atomic E-state index is 10.6. The standard InChI is InChI=1S/C14H17NO5/c1-14(2,20-13(16)17)9-4-3-6-11-7-5-8-12(10-11)15(18)19/h3,5-8,10H,4,9H2,1-2H3,(H,16,17)/b6-3+. The fourth-order valence-corrected chi connectivity index (χ4v) is 1.68. The molecule has 0 saturated heterocycles. The molecule has 1 N–H and O–H groups in total. The molecule has 0 fully saturated rings. The molecule has 0 atom stereocenters. The number of hydrogen-bond acceptors (Lipinski definition) is 4. The van der Waals surface area contributed by atoms with Crippen molar-refractivity contribution in [2.75, 3.05) is 0 Å². The van der Waals surface area contributed by atoms with Gasteiger partial charge in [-0.25, -0.2) is 4.79 Å². The first-order valence-electron chi connectivity index (χ1n) is 6.13. The number of nitro benzene ring substituents is 1. The number of ether oxygens (including phenoxy) is 1. The van der Waals surface area contributed by atoms with Crippen molar-refractivity contribution >= 4 is 17.9 Å². The van der Waals surface area contributed by atoms with Crippen LogP contribution in [0.15, 0.2) is 30.3 Å². The highest BCUT2D eigenvalue weighted by Gasteiger charge is 2.21. The van der Waals surface area contributed by atoms with Gasteiger partial charge in [-0.05, 0) is 32.3 Å². The van der Waals surface area contributed by atoms with E-state index >= 15 is 0 Å². The molecule has 20 heavy (non-hydrogen) atoms. The minimum Gasteiger partial charge on any atom is -0.450 e. The van der Waals surface area contributed by atoms with Crippen molar-refractivity contribution in [3.05, 3.63) is 46.0 Å². The van der Waals surface area contributed by atoms with Gasteiger partial charge in [0.1, 0.15) is 5.60 Å². The smallest absolute Gasteiger partial charge is 0.450 e. The number of rotatable bonds is 6. The average molecular weight is 279 g/mol. The molecule has 0 spiro atoms. The lowest BCUT2D eigenvalue weighted by Crippen LogP contribution is -2.26. The third kappa shape index (κ3) is 5.51. The number of carbonyl (C=O) groups is 1. The molecule has 1 aromatic rings. The summed E-state index contributed by atoms with van der Waals surface area (Å²) >= 11 is 0. The summed E-state index contributed by atoms with van der Waals surface area (Å²) < 4.78 is 4.73. The van der Waals surface area contributed by atoms with Crippen LogP contribution >= 0.6 is 0 Å². The Labute approximate surface area is 116 Å². The maximum Gasteiger partial charge on any atom is 0.506 e. The largest absolute Gasteiger partial charge is 0.506 e. The Bertz CT molecular complexity index is 522. The van der Waals surface area contributed by atoms with Crippen molar-refractivity contribution in [3.8, 4) is 0 Å². The summed E-state index contributed by atoms with van der Waals surface area (Å²) in [5, 5.41) is 19.2. The molecule has 0 heterocycles. The predicted octanol–water partition coefficient (Wildman–Crippen LogP) is 3.86. The first kappa shape index (κ1) is 15.7. The van der Waals surface area contributed by atoms with Gasteiger partial charge in [0.25, 0.3) is 5.69 Å². The van der Waals surface area contributed by atoms with E-state index in [-0.39, 0.29) is 5.69 Å². The van der Waals surface area contributed by atoms with E-state index < -0.39 is 16.7 Å². The number of non-ortho nitro benzene ring substituents is 1. The number of hydrogen-bond donors (Lipinski definition) is 1. The summed E-state index contributed by atoms with van der Waals surface area (Å²) in [6.45, 7) is 3.39. The molecule has 0 saturated carbocycles. The van der Waals surface area contributed by atoms with E-state index in [4.69, 9.17) is 9.84 Å². The molecule has 0 aliphatic carbocycles. The van der Waals surface area contributed by atoms with E-state index in [2.05, 4.69) is 0 Å². The zero-order valence-electron chi connectivity index (χ0n) is 11.4. The molecule has 1 aromatic carbocycles. The lowest BCUT2D eigenvalue weighted by molar-refractivity contribution is -0.384. The van der Waals surface area contributed by atoms with Gasteiger partial charge >= 0.3 is 6.16 Å². The molecular weight excluding hydrogens is 262 g/mol. The Morgan fingerprint density at radius 3 is 2.80 bits per heavy atom. The van der Waals surface area contributed by atoms with Crippen LogP contribution in [0.1, 0.15) is 32.3 Å². The highest BCUT2D eigenvalue weighted by Crippen LogP contribution is 2.18. The van der Waals surface area contributed by atoms with Crippen LogP contribution in [0.25, 0.3) is 6.08 Å². The average Bonchev–Trinajstić information content (AvgIpc) is 2.33. The maximum atomic E-state index is 10.6. The third-order valence-corrected chi connectivity index (χ3v) is 2.67. The van der Waals surface area contributed by atoms with E-state index in [1.165, 1.54) is 12.1 Å². The summed E-state index contributed by atoms with van der Waals surface area (Å²) in [5.74, 6) is 0. The Balaban J connectivity index is 2.55. The summed E-state index contributed by atoms with van der Waals surface area (Å²) in [7, 11) is 0. The van der Waals surface area contributed by atoms with E-state index in [0.717, 1.165) is 5.56 Å². The lowest BCUT2D eigenvalue weighted by Gasteiger charge is -2.22. The van der Waals surface area contributed by atoms with Gasteiger partial charge in [0, 0.05) is 12.1 Å². The normalized spacial score (nSPS) is 11.5. The molecule has 6 nitrogen and oxygen atoms in total. The Hall–Kier alpha value is -2.37. The van der Waals surface area contributed by atoms with Gasteiger partial charge in [-0.2, -0.15) is 0 Å². The predicted molar refractivity (Wildman–Crippen MR) is 74.6 cm³/mol. The van der Waals surface area contributed by atoms with Crippen molar-refractivity contribution in [1.29, 1.82) is 0 Å². The second-order valence-corrected chi connectivity index (χ2v) is 4.92. The molecular formula is C14H17NO5. The molecule has 1 rings (SSSR count).